The fourth-order valence-corrected chi connectivity index (χ4v) is 4.62. The Morgan fingerprint density at radius 2 is 1.65 bits per heavy atom. The van der Waals surface area contributed by atoms with Gasteiger partial charge in [-0.3, -0.25) is 19.4 Å². The summed E-state index contributed by atoms with van der Waals surface area (Å²) in [5.41, 5.74) is 1.85. The third kappa shape index (κ3) is 3.46. The molecule has 2 amide bonds. The molecule has 0 aliphatic carbocycles. The Kier molecular flexibility index (Phi) is 4.94. The van der Waals surface area contributed by atoms with Crippen molar-refractivity contribution in [3.05, 3.63) is 47.5 Å². The number of hydrogen-bond acceptors (Lipinski definition) is 7. The number of fused-ring (bicyclic) bond motifs is 2. The molecule has 0 spiro atoms. The maximum atomic E-state index is 13.0. The molecule has 0 bridgehead atoms. The molecule has 5 rings (SSSR count). The van der Waals surface area contributed by atoms with Crippen molar-refractivity contribution in [1.29, 1.82) is 0 Å². The summed E-state index contributed by atoms with van der Waals surface area (Å²) in [4.78, 5) is 29.6. The summed E-state index contributed by atoms with van der Waals surface area (Å²) in [5.74, 6) is 1.99. The first-order valence-electron chi connectivity index (χ1n) is 10.2. The lowest BCUT2D eigenvalue weighted by atomic mass is 10.00. The van der Waals surface area contributed by atoms with Gasteiger partial charge in [0.05, 0.1) is 32.6 Å². The number of hydrogen-bond donors (Lipinski definition) is 0. The fourth-order valence-electron chi connectivity index (χ4n) is 4.62. The highest BCUT2D eigenvalue weighted by Crippen LogP contribution is 2.37. The lowest BCUT2D eigenvalue weighted by molar-refractivity contribution is -0.141. The van der Waals surface area contributed by atoms with Gasteiger partial charge in [0, 0.05) is 31.3 Å². The number of carbonyl (C=O) groups excluding carboxylic acids is 2. The predicted molar refractivity (Wildman–Crippen MR) is 110 cm³/mol. The summed E-state index contributed by atoms with van der Waals surface area (Å²) in [6.07, 6.45) is 0. The number of ether oxygens (including phenoxy) is 4. The molecule has 31 heavy (non-hydrogen) atoms. The van der Waals surface area contributed by atoms with Crippen molar-refractivity contribution in [2.24, 2.45) is 11.8 Å². The van der Waals surface area contributed by atoms with Crippen molar-refractivity contribution < 1.29 is 28.5 Å². The number of imide groups is 1. The lowest BCUT2D eigenvalue weighted by Crippen LogP contribution is -2.35. The molecule has 2 aromatic rings. The average molecular weight is 424 g/mol. The van der Waals surface area contributed by atoms with Gasteiger partial charge in [-0.2, -0.15) is 0 Å². The molecule has 8 nitrogen and oxygen atoms in total. The quantitative estimate of drug-likeness (QED) is 0.657. The van der Waals surface area contributed by atoms with Crippen LogP contribution in [0.25, 0.3) is 0 Å². The van der Waals surface area contributed by atoms with Crippen LogP contribution < -0.4 is 18.9 Å². The van der Waals surface area contributed by atoms with Crippen LogP contribution in [-0.2, 0) is 22.7 Å². The molecule has 0 unspecified atom stereocenters. The number of benzene rings is 2. The van der Waals surface area contributed by atoms with Crippen LogP contribution in [0.5, 0.6) is 23.0 Å². The maximum absolute atomic E-state index is 13.0. The van der Waals surface area contributed by atoms with Crippen LogP contribution in [0.3, 0.4) is 0 Å². The minimum Gasteiger partial charge on any atom is -0.497 e. The number of methoxy groups -OCH3 is 2. The molecular weight excluding hydrogens is 400 g/mol. The first kappa shape index (κ1) is 19.7. The zero-order valence-electron chi connectivity index (χ0n) is 17.5. The number of carbonyl (C=O) groups is 2. The van der Waals surface area contributed by atoms with Gasteiger partial charge in [-0.05, 0) is 23.8 Å². The standard InChI is InChI=1S/C23H24N2O6/c1-28-16-5-4-15(20(8-16)29-2)10-24-11-17-18(12-24)23(27)25(22(17)26)9-14-3-6-19-21(7-14)31-13-30-19/h3-8,17-18H,9-13H2,1-2H3/t17-,18+. The van der Waals surface area contributed by atoms with Gasteiger partial charge < -0.3 is 18.9 Å². The van der Waals surface area contributed by atoms with Crippen LogP contribution in [0.2, 0.25) is 0 Å². The Bertz CT molecular complexity index is 1010. The maximum Gasteiger partial charge on any atom is 0.234 e. The van der Waals surface area contributed by atoms with E-state index < -0.39 is 0 Å². The van der Waals surface area contributed by atoms with Crippen LogP contribution in [0.4, 0.5) is 0 Å². The van der Waals surface area contributed by atoms with Gasteiger partial charge in [0.2, 0.25) is 18.6 Å². The molecule has 0 N–H and O–H groups in total. The van der Waals surface area contributed by atoms with Gasteiger partial charge in [0.1, 0.15) is 11.5 Å². The molecule has 0 saturated carbocycles. The molecule has 0 aromatic heterocycles. The Balaban J connectivity index is 1.26. The first-order chi connectivity index (χ1) is 15.1. The molecule has 2 saturated heterocycles. The molecule has 162 valence electrons. The van der Waals surface area contributed by atoms with Crippen molar-refractivity contribution in [2.75, 3.05) is 34.1 Å². The second-order valence-corrected chi connectivity index (χ2v) is 8.04. The molecule has 2 atom stereocenters. The van der Waals surface area contributed by atoms with Gasteiger partial charge in [0.25, 0.3) is 0 Å². The zero-order valence-corrected chi connectivity index (χ0v) is 17.5. The number of rotatable bonds is 6. The normalized spacial score (nSPS) is 22.2. The van der Waals surface area contributed by atoms with E-state index in [1.807, 2.05) is 36.4 Å². The molecule has 0 radical (unpaired) electrons. The number of likely N-dealkylation sites (tertiary alicyclic amines) is 2. The number of amides is 2. The molecular formula is C23H24N2O6. The highest BCUT2D eigenvalue weighted by molar-refractivity contribution is 6.05. The van der Waals surface area contributed by atoms with Crippen molar-refractivity contribution >= 4 is 11.8 Å². The van der Waals surface area contributed by atoms with E-state index >= 15 is 0 Å². The van der Waals surface area contributed by atoms with Gasteiger partial charge in [-0.1, -0.05) is 12.1 Å². The summed E-state index contributed by atoms with van der Waals surface area (Å²) in [5, 5.41) is 0. The SMILES string of the molecule is COc1ccc(CN2C[C@@H]3C(=O)N(Cc4ccc5c(c4)OCO5)C(=O)[C@@H]3C2)c(OC)c1. The Labute approximate surface area is 180 Å². The highest BCUT2D eigenvalue weighted by Gasteiger charge is 2.52. The van der Waals surface area contributed by atoms with E-state index in [1.165, 1.54) is 4.90 Å². The molecule has 2 fully saturated rings. The monoisotopic (exact) mass is 424 g/mol. The number of nitrogens with zero attached hydrogens (tertiary/aromatic N) is 2. The van der Waals surface area contributed by atoms with Gasteiger partial charge in [-0.15, -0.1) is 0 Å². The van der Waals surface area contributed by atoms with Crippen LogP contribution in [0.15, 0.2) is 36.4 Å². The van der Waals surface area contributed by atoms with E-state index in [4.69, 9.17) is 18.9 Å². The Hall–Kier alpha value is -3.26. The van der Waals surface area contributed by atoms with E-state index in [0.717, 1.165) is 22.6 Å². The lowest BCUT2D eigenvalue weighted by Gasteiger charge is -2.21. The van der Waals surface area contributed by atoms with Crippen LogP contribution in [0, 0.1) is 11.8 Å². The minimum absolute atomic E-state index is 0.100. The predicted octanol–water partition coefficient (Wildman–Crippen LogP) is 2.05. The van der Waals surface area contributed by atoms with Crippen LogP contribution >= 0.6 is 0 Å². The molecule has 8 heteroatoms. The summed E-state index contributed by atoms with van der Waals surface area (Å²) >= 11 is 0. The first-order valence-corrected chi connectivity index (χ1v) is 10.2. The van der Waals surface area contributed by atoms with E-state index in [0.29, 0.717) is 31.1 Å². The van der Waals surface area contributed by atoms with Crippen molar-refractivity contribution in [2.45, 2.75) is 13.1 Å². The fraction of sp³-hybridized carbons (Fsp3) is 0.391. The van der Waals surface area contributed by atoms with Gasteiger partial charge in [-0.25, -0.2) is 0 Å². The summed E-state index contributed by atoms with van der Waals surface area (Å²) < 4.78 is 21.5. The summed E-state index contributed by atoms with van der Waals surface area (Å²) in [7, 11) is 3.24. The smallest absolute Gasteiger partial charge is 0.234 e. The molecule has 3 aliphatic heterocycles. The second kappa shape index (κ2) is 7.77. The molecule has 2 aromatic carbocycles. The van der Waals surface area contributed by atoms with E-state index in [9.17, 15) is 9.59 Å². The van der Waals surface area contributed by atoms with E-state index in [2.05, 4.69) is 4.90 Å². The van der Waals surface area contributed by atoms with Gasteiger partial charge >= 0.3 is 0 Å². The topological polar surface area (TPSA) is 77.5 Å². The Morgan fingerprint density at radius 3 is 2.35 bits per heavy atom. The molecule has 3 heterocycles. The van der Waals surface area contributed by atoms with Crippen molar-refractivity contribution in [3.8, 4) is 23.0 Å². The minimum atomic E-state index is -0.300. The second-order valence-electron chi connectivity index (χ2n) is 8.04. The van der Waals surface area contributed by atoms with Crippen LogP contribution in [-0.4, -0.2) is 55.7 Å². The van der Waals surface area contributed by atoms with Crippen molar-refractivity contribution in [1.82, 2.24) is 9.80 Å². The average Bonchev–Trinajstić information content (AvgIpc) is 3.47. The third-order valence-corrected chi connectivity index (χ3v) is 6.23. The van der Waals surface area contributed by atoms with Crippen LogP contribution in [0.1, 0.15) is 11.1 Å². The van der Waals surface area contributed by atoms with Crippen molar-refractivity contribution in [3.63, 3.8) is 0 Å². The highest BCUT2D eigenvalue weighted by atomic mass is 16.7. The van der Waals surface area contributed by atoms with Gasteiger partial charge in [0.15, 0.2) is 11.5 Å². The Morgan fingerprint density at radius 1 is 0.903 bits per heavy atom. The van der Waals surface area contributed by atoms with E-state index in [-0.39, 0.29) is 37.0 Å². The third-order valence-electron chi connectivity index (χ3n) is 6.23. The molecule has 3 aliphatic rings. The summed E-state index contributed by atoms with van der Waals surface area (Å²) in [6, 6.07) is 11.2. The summed E-state index contributed by atoms with van der Waals surface area (Å²) in [6.45, 7) is 2.18. The zero-order chi connectivity index (χ0) is 21.5. The largest absolute Gasteiger partial charge is 0.497 e. The van der Waals surface area contributed by atoms with E-state index in [1.54, 1.807) is 14.2 Å².